The summed E-state index contributed by atoms with van der Waals surface area (Å²) in [5, 5.41) is 9.72. The number of nitrogens with zero attached hydrogens (tertiary/aromatic N) is 1. The lowest BCUT2D eigenvalue weighted by Gasteiger charge is -2.25. The van der Waals surface area contributed by atoms with Gasteiger partial charge in [0.25, 0.3) is 6.29 Å². The number of esters is 2. The fourth-order valence-electron chi connectivity index (χ4n) is 9.66. The number of carboxylic acids is 1. The van der Waals surface area contributed by atoms with E-state index in [4.69, 9.17) is 18.9 Å². The summed E-state index contributed by atoms with van der Waals surface area (Å²) in [4.78, 5) is 37.5. The van der Waals surface area contributed by atoms with Gasteiger partial charge in [0.05, 0.1) is 34.4 Å². The Bertz CT molecular complexity index is 1620. The zero-order chi connectivity index (χ0) is 59.8. The number of carboxylic acid groups (broad SMARTS) is 1. The summed E-state index contributed by atoms with van der Waals surface area (Å²) in [7, 11) is 5.97. The van der Waals surface area contributed by atoms with Crippen LogP contribution in [0.3, 0.4) is 0 Å². The summed E-state index contributed by atoms with van der Waals surface area (Å²) < 4.78 is 22.9. The summed E-state index contributed by atoms with van der Waals surface area (Å²) in [6.45, 7) is 4.75. The molecule has 0 aliphatic carbocycles. The maximum atomic E-state index is 12.9. The van der Waals surface area contributed by atoms with Crippen LogP contribution < -0.4 is 0 Å². The standard InChI is InChI=1S/C73H129NO8/c1-6-8-10-12-14-16-18-20-22-24-25-26-27-28-29-30-31-32-33-34-35-36-37-38-39-40-41-42-43-44-45-46-47-48-50-52-54-56-58-60-62-64-71(76)82-69(68-81-73(72(77)78)79-66-65-74(3,4)5)67-80-70(75)63-61-59-57-55-53-51-49-23-21-19-17-15-13-11-9-7-2/h8,10,14,16-17,19-20,22-23,25-26,28-29,49,69,73H,6-7,9,11-13,15,18,21,24,27,30-48,50-68H2,1-5H3/p+1/b10-8-,16-14-,19-17-,22-20-,26-25-,29-28-,49-23-. The Hall–Kier alpha value is -3.53. The van der Waals surface area contributed by atoms with Crippen LogP contribution in [0.1, 0.15) is 303 Å². The number of likely N-dealkylation sites (N-methyl/N-ethyl adjacent to an activating group) is 1. The van der Waals surface area contributed by atoms with Gasteiger partial charge < -0.3 is 28.5 Å². The summed E-state index contributed by atoms with van der Waals surface area (Å²) in [6.07, 6.45) is 82.8. The van der Waals surface area contributed by atoms with E-state index in [-0.39, 0.29) is 38.6 Å². The van der Waals surface area contributed by atoms with E-state index in [1.54, 1.807) is 0 Å². The Morgan fingerprint density at radius 3 is 1.04 bits per heavy atom. The molecule has 0 radical (unpaired) electrons. The minimum absolute atomic E-state index is 0.185. The van der Waals surface area contributed by atoms with Gasteiger partial charge in [-0.2, -0.15) is 0 Å². The molecule has 0 aliphatic rings. The molecule has 0 saturated carbocycles. The van der Waals surface area contributed by atoms with Crippen LogP contribution >= 0.6 is 0 Å². The van der Waals surface area contributed by atoms with Crippen molar-refractivity contribution in [1.82, 2.24) is 0 Å². The number of carbonyl (C=O) groups excluding carboxylic acids is 2. The normalized spacial score (nSPS) is 13.2. The zero-order valence-electron chi connectivity index (χ0n) is 54.1. The lowest BCUT2D eigenvalue weighted by molar-refractivity contribution is -0.870. The van der Waals surface area contributed by atoms with E-state index in [0.717, 1.165) is 96.3 Å². The Morgan fingerprint density at radius 1 is 0.378 bits per heavy atom. The molecular weight excluding hydrogens is 1020 g/mol. The molecule has 0 aromatic heterocycles. The van der Waals surface area contributed by atoms with E-state index in [2.05, 4.69) is 98.9 Å². The number of hydrogen-bond donors (Lipinski definition) is 1. The highest BCUT2D eigenvalue weighted by Gasteiger charge is 2.25. The van der Waals surface area contributed by atoms with Crippen molar-refractivity contribution >= 4 is 17.9 Å². The first kappa shape index (κ1) is 78.5. The van der Waals surface area contributed by atoms with Gasteiger partial charge in [-0.15, -0.1) is 0 Å². The number of rotatable bonds is 63. The molecule has 0 fully saturated rings. The van der Waals surface area contributed by atoms with Gasteiger partial charge in [0.2, 0.25) is 0 Å². The molecule has 1 N–H and O–H groups in total. The highest BCUT2D eigenvalue weighted by molar-refractivity contribution is 5.71. The van der Waals surface area contributed by atoms with Crippen molar-refractivity contribution in [3.05, 3.63) is 85.1 Å². The van der Waals surface area contributed by atoms with Gasteiger partial charge in [-0.3, -0.25) is 9.59 Å². The molecule has 0 aromatic rings. The van der Waals surface area contributed by atoms with Crippen molar-refractivity contribution in [2.45, 2.75) is 315 Å². The number of ether oxygens (including phenoxy) is 4. The zero-order valence-corrected chi connectivity index (χ0v) is 54.1. The SMILES string of the molecule is CC/C=C\C/C=C\C/C=C\C/C=C\C/C=C\CCCCCCCCCCCCCCCCCCCCCCCCCCCC(=O)OC(COC(=O)CCCCCCC/C=C\C/C=C\CCCCCC)COC(OCC[N+](C)(C)C)C(=O)O. The molecule has 0 aromatic carbocycles. The molecule has 0 aliphatic heterocycles. The Morgan fingerprint density at radius 2 is 0.695 bits per heavy atom. The molecule has 9 nitrogen and oxygen atoms in total. The molecule has 0 rings (SSSR count). The van der Waals surface area contributed by atoms with Crippen molar-refractivity contribution < 1.29 is 42.9 Å². The third kappa shape index (κ3) is 64.0. The van der Waals surface area contributed by atoms with Crippen LogP contribution in [0.15, 0.2) is 85.1 Å². The topological polar surface area (TPSA) is 108 Å². The summed E-state index contributed by atoms with van der Waals surface area (Å²) in [6, 6.07) is 0. The lowest BCUT2D eigenvalue weighted by atomic mass is 10.0. The summed E-state index contributed by atoms with van der Waals surface area (Å²) in [5.74, 6) is -2.01. The number of unbranched alkanes of at least 4 members (excludes halogenated alkanes) is 34. The summed E-state index contributed by atoms with van der Waals surface area (Å²) in [5.41, 5.74) is 0. The van der Waals surface area contributed by atoms with E-state index < -0.39 is 24.3 Å². The molecule has 82 heavy (non-hydrogen) atoms. The molecule has 9 heteroatoms. The Labute approximate surface area is 506 Å². The van der Waals surface area contributed by atoms with Gasteiger partial charge >= 0.3 is 17.9 Å². The Balaban J connectivity index is 3.96. The Kier molecular flexibility index (Phi) is 60.8. The molecule has 0 amide bonds. The molecule has 2 unspecified atom stereocenters. The van der Waals surface area contributed by atoms with Gasteiger partial charge in [0.1, 0.15) is 13.2 Å². The molecule has 0 spiro atoms. The van der Waals surface area contributed by atoms with E-state index in [0.29, 0.717) is 11.0 Å². The third-order valence-corrected chi connectivity index (χ3v) is 14.9. The van der Waals surface area contributed by atoms with Crippen LogP contribution in [0.25, 0.3) is 0 Å². The van der Waals surface area contributed by atoms with Crippen LogP contribution in [-0.4, -0.2) is 87.4 Å². The maximum absolute atomic E-state index is 12.9. The van der Waals surface area contributed by atoms with E-state index in [1.807, 2.05) is 21.1 Å². The fourth-order valence-corrected chi connectivity index (χ4v) is 9.66. The average molecular weight is 1150 g/mol. The van der Waals surface area contributed by atoms with Crippen molar-refractivity contribution in [1.29, 1.82) is 0 Å². The van der Waals surface area contributed by atoms with Crippen LogP contribution in [-0.2, 0) is 33.3 Å². The monoisotopic (exact) mass is 1150 g/mol. The highest BCUT2D eigenvalue weighted by Crippen LogP contribution is 2.18. The van der Waals surface area contributed by atoms with Gasteiger partial charge in [-0.25, -0.2) is 4.79 Å². The minimum Gasteiger partial charge on any atom is -0.477 e. The molecule has 474 valence electrons. The lowest BCUT2D eigenvalue weighted by Crippen LogP contribution is -2.40. The van der Waals surface area contributed by atoms with Crippen molar-refractivity contribution in [2.75, 3.05) is 47.5 Å². The molecule has 0 bridgehead atoms. The van der Waals surface area contributed by atoms with Crippen LogP contribution in [0, 0.1) is 0 Å². The van der Waals surface area contributed by atoms with Gasteiger partial charge in [-0.05, 0) is 89.9 Å². The molecule has 0 saturated heterocycles. The second-order valence-electron chi connectivity index (χ2n) is 24.1. The smallest absolute Gasteiger partial charge is 0.361 e. The highest BCUT2D eigenvalue weighted by atomic mass is 16.7. The molecule has 0 heterocycles. The number of aliphatic carboxylic acids is 1. The second kappa shape index (κ2) is 63.5. The third-order valence-electron chi connectivity index (χ3n) is 14.9. The summed E-state index contributed by atoms with van der Waals surface area (Å²) >= 11 is 0. The number of allylic oxidation sites excluding steroid dienone is 14. The minimum atomic E-state index is -1.51. The average Bonchev–Trinajstić information content (AvgIpc) is 3.45. The van der Waals surface area contributed by atoms with Gasteiger partial charge in [0.15, 0.2) is 6.10 Å². The van der Waals surface area contributed by atoms with Crippen LogP contribution in [0.5, 0.6) is 0 Å². The first-order valence-corrected chi connectivity index (χ1v) is 34.3. The van der Waals surface area contributed by atoms with E-state index in [9.17, 15) is 19.5 Å². The van der Waals surface area contributed by atoms with Gasteiger partial charge in [0, 0.05) is 12.8 Å². The number of quaternary nitrogens is 1. The second-order valence-corrected chi connectivity index (χ2v) is 24.1. The quantitative estimate of drug-likeness (QED) is 0.0211. The largest absolute Gasteiger partial charge is 0.477 e. The fraction of sp³-hybridized carbons (Fsp3) is 0.767. The van der Waals surface area contributed by atoms with Crippen LogP contribution in [0.4, 0.5) is 0 Å². The first-order valence-electron chi connectivity index (χ1n) is 34.3. The molecular formula is C73H130NO8+. The van der Waals surface area contributed by atoms with E-state index in [1.165, 1.54) is 180 Å². The first-order chi connectivity index (χ1) is 40.1. The van der Waals surface area contributed by atoms with Crippen molar-refractivity contribution in [3.8, 4) is 0 Å². The van der Waals surface area contributed by atoms with E-state index >= 15 is 0 Å². The van der Waals surface area contributed by atoms with Crippen molar-refractivity contribution in [2.24, 2.45) is 0 Å². The maximum Gasteiger partial charge on any atom is 0.361 e. The number of hydrogen-bond acceptors (Lipinski definition) is 7. The van der Waals surface area contributed by atoms with Gasteiger partial charge in [-0.1, -0.05) is 285 Å². The van der Waals surface area contributed by atoms with Crippen LogP contribution in [0.2, 0.25) is 0 Å². The molecule has 2 atom stereocenters. The predicted molar refractivity (Wildman–Crippen MR) is 350 cm³/mol. The predicted octanol–water partition coefficient (Wildman–Crippen LogP) is 21.1. The van der Waals surface area contributed by atoms with Crippen molar-refractivity contribution in [3.63, 3.8) is 0 Å². The number of carbonyl (C=O) groups is 3.